The minimum atomic E-state index is 0.947. The summed E-state index contributed by atoms with van der Waals surface area (Å²) in [6, 6.07) is 20.4. The quantitative estimate of drug-likeness (QED) is 0.758. The number of hydrogen-bond donors (Lipinski definition) is 0. The van der Waals surface area contributed by atoms with Gasteiger partial charge in [0.2, 0.25) is 0 Å². The third-order valence-electron chi connectivity index (χ3n) is 3.42. The molecular weight excluding hydrogens is 268 g/mol. The lowest BCUT2D eigenvalue weighted by atomic mass is 10.1. The average Bonchev–Trinajstić information content (AvgIpc) is 2.54. The van der Waals surface area contributed by atoms with Crippen LogP contribution in [0.5, 0.6) is 0 Å². The molecule has 0 unspecified atom stereocenters. The van der Waals surface area contributed by atoms with E-state index in [0.29, 0.717) is 0 Å². The lowest BCUT2D eigenvalue weighted by Crippen LogP contribution is -2.04. The van der Waals surface area contributed by atoms with Gasteiger partial charge in [0.25, 0.3) is 0 Å². The Labute approximate surface area is 131 Å². The number of hydrogen-bond acceptors (Lipinski definition) is 2. The first-order valence-electron chi connectivity index (χ1n) is 7.37. The van der Waals surface area contributed by atoms with Gasteiger partial charge in [0.15, 0.2) is 0 Å². The third-order valence-corrected chi connectivity index (χ3v) is 3.42. The molecular formula is C20H18N2. The molecule has 108 valence electrons. The van der Waals surface area contributed by atoms with Crippen LogP contribution in [0.2, 0.25) is 0 Å². The van der Waals surface area contributed by atoms with Gasteiger partial charge in [-0.25, -0.2) is 0 Å². The number of rotatable bonds is 2. The summed E-state index contributed by atoms with van der Waals surface area (Å²) in [6.45, 7) is 4.02. The lowest BCUT2D eigenvalue weighted by molar-refractivity contribution is 1.26. The van der Waals surface area contributed by atoms with Gasteiger partial charge >= 0.3 is 0 Å². The normalized spacial score (nSPS) is 15.0. The maximum Gasteiger partial charge on any atom is 0.0723 e. The Morgan fingerprint density at radius 3 is 1.27 bits per heavy atom. The second-order valence-electron chi connectivity index (χ2n) is 5.30. The highest BCUT2D eigenvalue weighted by atomic mass is 14.8. The highest BCUT2D eigenvalue weighted by molar-refractivity contribution is 6.13. The molecule has 0 fully saturated rings. The number of benzene rings is 2. The van der Waals surface area contributed by atoms with Crippen LogP contribution >= 0.6 is 0 Å². The molecule has 0 atom stereocenters. The fourth-order valence-corrected chi connectivity index (χ4v) is 2.42. The Kier molecular flexibility index (Phi) is 4.10. The van der Waals surface area contributed by atoms with Gasteiger partial charge in [0, 0.05) is 22.5 Å². The summed E-state index contributed by atoms with van der Waals surface area (Å²) in [5, 5.41) is 0. The van der Waals surface area contributed by atoms with Crippen molar-refractivity contribution in [1.82, 2.24) is 0 Å². The largest absolute Gasteiger partial charge is 0.253 e. The minimum absolute atomic E-state index is 0.947. The van der Waals surface area contributed by atoms with Crippen LogP contribution in [0, 0.1) is 0 Å². The lowest BCUT2D eigenvalue weighted by Gasteiger charge is -2.09. The van der Waals surface area contributed by atoms with Crippen LogP contribution in [0.3, 0.4) is 0 Å². The van der Waals surface area contributed by atoms with E-state index >= 15 is 0 Å². The van der Waals surface area contributed by atoms with Crippen molar-refractivity contribution in [3.8, 4) is 0 Å². The number of aliphatic imine (C=N–C) groups is 2. The summed E-state index contributed by atoms with van der Waals surface area (Å²) in [7, 11) is 0. The molecule has 0 radical (unpaired) electrons. The van der Waals surface area contributed by atoms with E-state index in [-0.39, 0.29) is 0 Å². The van der Waals surface area contributed by atoms with Crippen molar-refractivity contribution in [3.63, 3.8) is 0 Å². The topological polar surface area (TPSA) is 24.7 Å². The van der Waals surface area contributed by atoms with Gasteiger partial charge in [-0.1, -0.05) is 60.7 Å². The molecule has 22 heavy (non-hydrogen) atoms. The van der Waals surface area contributed by atoms with E-state index in [0.717, 1.165) is 33.9 Å². The van der Waals surface area contributed by atoms with Crippen molar-refractivity contribution in [2.24, 2.45) is 9.98 Å². The second kappa shape index (κ2) is 6.35. The number of allylic oxidation sites excluding steroid dienone is 4. The molecule has 1 aliphatic heterocycles. The van der Waals surface area contributed by atoms with Gasteiger partial charge in [-0.05, 0) is 26.0 Å². The first-order valence-corrected chi connectivity index (χ1v) is 7.37. The SMILES string of the molecule is CC1=CC(c2ccccc2)=NC(C)=CC(c2ccccc2)=N1. The molecule has 0 aromatic heterocycles. The molecule has 0 spiro atoms. The van der Waals surface area contributed by atoms with E-state index in [1.807, 2.05) is 62.4 Å². The molecule has 2 aromatic rings. The summed E-state index contributed by atoms with van der Waals surface area (Å²) in [6.07, 6.45) is 4.07. The van der Waals surface area contributed by atoms with Crippen LogP contribution in [0.1, 0.15) is 25.0 Å². The van der Waals surface area contributed by atoms with Gasteiger partial charge in [-0.2, -0.15) is 0 Å². The predicted molar refractivity (Wildman–Crippen MR) is 93.5 cm³/mol. The van der Waals surface area contributed by atoms with Crippen LogP contribution in [0.25, 0.3) is 0 Å². The minimum Gasteiger partial charge on any atom is -0.253 e. The fraction of sp³-hybridized carbons (Fsp3) is 0.100. The van der Waals surface area contributed by atoms with E-state index in [1.165, 1.54) is 0 Å². The zero-order valence-corrected chi connectivity index (χ0v) is 12.8. The molecule has 0 N–H and O–H groups in total. The smallest absolute Gasteiger partial charge is 0.0723 e. The molecule has 1 heterocycles. The Hall–Kier alpha value is -2.74. The molecule has 0 saturated carbocycles. The first-order chi connectivity index (χ1) is 10.7. The molecule has 0 amide bonds. The Morgan fingerprint density at radius 2 is 0.909 bits per heavy atom. The maximum atomic E-state index is 4.75. The van der Waals surface area contributed by atoms with Crippen LogP contribution < -0.4 is 0 Å². The molecule has 2 aromatic carbocycles. The zero-order valence-electron chi connectivity index (χ0n) is 12.8. The molecule has 3 rings (SSSR count). The summed E-state index contributed by atoms with van der Waals surface area (Å²) in [5.74, 6) is 0. The summed E-state index contributed by atoms with van der Waals surface area (Å²) < 4.78 is 0. The molecule has 1 aliphatic rings. The van der Waals surface area contributed by atoms with Crippen molar-refractivity contribution in [2.45, 2.75) is 13.8 Å². The van der Waals surface area contributed by atoms with Gasteiger partial charge in [0.1, 0.15) is 0 Å². The van der Waals surface area contributed by atoms with E-state index in [9.17, 15) is 0 Å². The standard InChI is InChI=1S/C20H18N2/c1-15-13-19(17-9-5-3-6-10-17)22-16(2)14-20(21-15)18-11-7-4-8-12-18/h3-14H,1-2H3. The fourth-order valence-electron chi connectivity index (χ4n) is 2.42. The first kappa shape index (κ1) is 14.2. The predicted octanol–water partition coefficient (Wildman–Crippen LogP) is 4.79. The number of nitrogens with zero attached hydrogens (tertiary/aromatic N) is 2. The molecule has 0 bridgehead atoms. The Morgan fingerprint density at radius 1 is 0.545 bits per heavy atom. The molecule has 0 aliphatic carbocycles. The highest BCUT2D eigenvalue weighted by Gasteiger charge is 2.07. The van der Waals surface area contributed by atoms with Crippen molar-refractivity contribution >= 4 is 11.4 Å². The van der Waals surface area contributed by atoms with E-state index in [2.05, 4.69) is 24.3 Å². The maximum absolute atomic E-state index is 4.75. The van der Waals surface area contributed by atoms with Crippen molar-refractivity contribution in [3.05, 3.63) is 95.3 Å². The monoisotopic (exact) mass is 286 g/mol. The van der Waals surface area contributed by atoms with E-state index < -0.39 is 0 Å². The van der Waals surface area contributed by atoms with Crippen molar-refractivity contribution in [1.29, 1.82) is 0 Å². The van der Waals surface area contributed by atoms with Gasteiger partial charge < -0.3 is 0 Å². The van der Waals surface area contributed by atoms with Gasteiger partial charge in [0.05, 0.1) is 11.4 Å². The second-order valence-corrected chi connectivity index (χ2v) is 5.30. The van der Waals surface area contributed by atoms with E-state index in [4.69, 9.17) is 9.98 Å². The van der Waals surface area contributed by atoms with Crippen molar-refractivity contribution < 1.29 is 0 Å². The average molecular weight is 286 g/mol. The highest BCUT2D eigenvalue weighted by Crippen LogP contribution is 2.15. The van der Waals surface area contributed by atoms with Gasteiger partial charge in [-0.3, -0.25) is 9.98 Å². The molecule has 2 heteroatoms. The van der Waals surface area contributed by atoms with Crippen LogP contribution in [-0.2, 0) is 0 Å². The zero-order chi connectivity index (χ0) is 15.4. The molecule has 2 nitrogen and oxygen atoms in total. The Bertz CT molecular complexity index is 709. The van der Waals surface area contributed by atoms with Crippen LogP contribution in [0.15, 0.2) is 94.2 Å². The summed E-state index contributed by atoms with van der Waals surface area (Å²) >= 11 is 0. The van der Waals surface area contributed by atoms with Crippen LogP contribution in [0.4, 0.5) is 0 Å². The summed E-state index contributed by atoms with van der Waals surface area (Å²) in [4.78, 5) is 9.51. The summed E-state index contributed by atoms with van der Waals surface area (Å²) in [5.41, 5.74) is 6.00. The van der Waals surface area contributed by atoms with Crippen LogP contribution in [-0.4, -0.2) is 11.4 Å². The van der Waals surface area contributed by atoms with Crippen molar-refractivity contribution in [2.75, 3.05) is 0 Å². The van der Waals surface area contributed by atoms with Gasteiger partial charge in [-0.15, -0.1) is 0 Å². The Balaban J connectivity index is 2.04. The molecule has 0 saturated heterocycles. The third kappa shape index (κ3) is 3.29. The van der Waals surface area contributed by atoms with E-state index in [1.54, 1.807) is 0 Å².